The summed E-state index contributed by atoms with van der Waals surface area (Å²) in [6.07, 6.45) is 7.51. The van der Waals surface area contributed by atoms with Gasteiger partial charge in [0.2, 0.25) is 0 Å². The molecule has 0 aromatic heterocycles. The van der Waals surface area contributed by atoms with Crippen LogP contribution >= 0.6 is 0 Å². The Morgan fingerprint density at radius 1 is 0.625 bits per heavy atom. The Morgan fingerprint density at radius 3 is 1.46 bits per heavy atom. The molecular weight excluding hydrogens is 312 g/mol. The molecule has 0 saturated carbocycles. The average molecular weight is 348 g/mol. The van der Waals surface area contributed by atoms with E-state index < -0.39 is 6.16 Å². The van der Waals surface area contributed by atoms with Gasteiger partial charge in [-0.2, -0.15) is 0 Å². The summed E-state index contributed by atoms with van der Waals surface area (Å²) < 4.78 is 10.0. The molecule has 0 amide bonds. The van der Waals surface area contributed by atoms with Gasteiger partial charge < -0.3 is 30.3 Å². The fraction of sp³-hybridized carbons (Fsp3) is 0.941. The van der Waals surface area contributed by atoms with E-state index in [0.29, 0.717) is 26.3 Å². The van der Waals surface area contributed by atoms with E-state index in [-0.39, 0.29) is 13.2 Å². The molecule has 7 heteroatoms. The van der Waals surface area contributed by atoms with Crippen LogP contribution < -0.4 is 10.6 Å². The van der Waals surface area contributed by atoms with Gasteiger partial charge in [0.25, 0.3) is 0 Å². The standard InChI is InChI=1S/C17H36N2O5/c20-13-11-18-9-5-1-3-7-15-23-17(22)24-16-8-4-2-6-10-19-12-14-21/h18-21H,1-16H2. The SMILES string of the molecule is O=C(OCCCCCCNCCO)OCCCCCCNCCO. The number of hydrogen-bond donors (Lipinski definition) is 4. The maximum absolute atomic E-state index is 11.3. The monoisotopic (exact) mass is 348 g/mol. The maximum atomic E-state index is 11.3. The maximum Gasteiger partial charge on any atom is 0.508 e. The zero-order chi connectivity index (χ0) is 17.7. The first-order valence-electron chi connectivity index (χ1n) is 9.24. The minimum atomic E-state index is -0.566. The van der Waals surface area contributed by atoms with Crippen LogP contribution in [-0.4, -0.2) is 69.0 Å². The third-order valence-corrected chi connectivity index (χ3v) is 3.51. The molecule has 0 heterocycles. The van der Waals surface area contributed by atoms with E-state index in [1.807, 2.05) is 0 Å². The molecule has 0 atom stereocenters. The highest BCUT2D eigenvalue weighted by Gasteiger charge is 2.03. The van der Waals surface area contributed by atoms with Crippen molar-refractivity contribution in [3.05, 3.63) is 0 Å². The van der Waals surface area contributed by atoms with Crippen molar-refractivity contribution in [2.45, 2.75) is 51.4 Å². The number of aliphatic hydroxyl groups is 2. The molecule has 0 aromatic carbocycles. The molecule has 0 aliphatic heterocycles. The van der Waals surface area contributed by atoms with Crippen LogP contribution in [0.3, 0.4) is 0 Å². The smallest absolute Gasteiger partial charge is 0.434 e. The lowest BCUT2D eigenvalue weighted by molar-refractivity contribution is 0.0529. The van der Waals surface area contributed by atoms with Gasteiger partial charge >= 0.3 is 6.16 Å². The Balaban J connectivity index is 3.13. The molecule has 7 nitrogen and oxygen atoms in total. The highest BCUT2D eigenvalue weighted by Crippen LogP contribution is 2.02. The molecule has 0 aromatic rings. The van der Waals surface area contributed by atoms with Crippen molar-refractivity contribution < 1.29 is 24.5 Å². The molecule has 0 rings (SSSR count). The first-order valence-corrected chi connectivity index (χ1v) is 9.24. The van der Waals surface area contributed by atoms with Crippen LogP contribution in [0.15, 0.2) is 0 Å². The summed E-state index contributed by atoms with van der Waals surface area (Å²) in [4.78, 5) is 11.3. The predicted octanol–water partition coefficient (Wildman–Crippen LogP) is 1.42. The Kier molecular flexibility index (Phi) is 19.4. The summed E-state index contributed by atoms with van der Waals surface area (Å²) in [5, 5.41) is 23.5. The van der Waals surface area contributed by atoms with Crippen LogP contribution in [-0.2, 0) is 9.47 Å². The largest absolute Gasteiger partial charge is 0.508 e. The van der Waals surface area contributed by atoms with Crippen LogP contribution in [0.1, 0.15) is 51.4 Å². The summed E-state index contributed by atoms with van der Waals surface area (Å²) in [6.45, 7) is 4.32. The zero-order valence-electron chi connectivity index (χ0n) is 14.9. The van der Waals surface area contributed by atoms with Crippen LogP contribution in [0.5, 0.6) is 0 Å². The molecule has 24 heavy (non-hydrogen) atoms. The lowest BCUT2D eigenvalue weighted by atomic mass is 10.2. The van der Waals surface area contributed by atoms with Gasteiger partial charge in [-0.3, -0.25) is 0 Å². The molecule has 0 aliphatic rings. The van der Waals surface area contributed by atoms with Gasteiger partial charge in [-0.05, 0) is 38.8 Å². The van der Waals surface area contributed by atoms with Crippen molar-refractivity contribution in [3.63, 3.8) is 0 Å². The number of carbonyl (C=O) groups is 1. The van der Waals surface area contributed by atoms with Gasteiger partial charge in [0, 0.05) is 13.1 Å². The average Bonchev–Trinajstić information content (AvgIpc) is 2.59. The molecule has 0 saturated heterocycles. The minimum Gasteiger partial charge on any atom is -0.434 e. The fourth-order valence-corrected chi connectivity index (χ4v) is 2.17. The third-order valence-electron chi connectivity index (χ3n) is 3.51. The van der Waals surface area contributed by atoms with Crippen LogP contribution in [0, 0.1) is 0 Å². The second-order valence-electron chi connectivity index (χ2n) is 5.72. The number of carbonyl (C=O) groups excluding carboxylic acids is 1. The Hall–Kier alpha value is -0.890. The van der Waals surface area contributed by atoms with Crippen molar-refractivity contribution >= 4 is 6.16 Å². The highest BCUT2D eigenvalue weighted by molar-refractivity contribution is 5.59. The summed E-state index contributed by atoms with van der Waals surface area (Å²) >= 11 is 0. The lowest BCUT2D eigenvalue weighted by Gasteiger charge is -2.07. The molecule has 0 aliphatic carbocycles. The quantitative estimate of drug-likeness (QED) is 0.220. The number of hydrogen-bond acceptors (Lipinski definition) is 7. The van der Waals surface area contributed by atoms with Crippen LogP contribution in [0.25, 0.3) is 0 Å². The number of rotatable bonds is 18. The van der Waals surface area contributed by atoms with Gasteiger partial charge in [0.1, 0.15) is 0 Å². The number of aliphatic hydroxyl groups excluding tert-OH is 2. The number of ether oxygens (including phenoxy) is 2. The zero-order valence-corrected chi connectivity index (χ0v) is 14.9. The van der Waals surface area contributed by atoms with E-state index in [9.17, 15) is 4.79 Å². The van der Waals surface area contributed by atoms with Gasteiger partial charge in [-0.25, -0.2) is 4.79 Å². The Labute approximate surface area is 146 Å². The summed E-state index contributed by atoms with van der Waals surface area (Å²) in [5.41, 5.74) is 0. The van der Waals surface area contributed by atoms with Crippen molar-refractivity contribution in [2.24, 2.45) is 0 Å². The van der Waals surface area contributed by atoms with Crippen LogP contribution in [0.4, 0.5) is 4.79 Å². The van der Waals surface area contributed by atoms with Gasteiger partial charge in [-0.15, -0.1) is 0 Å². The highest BCUT2D eigenvalue weighted by atomic mass is 16.7. The Morgan fingerprint density at radius 2 is 1.04 bits per heavy atom. The second-order valence-corrected chi connectivity index (χ2v) is 5.72. The minimum absolute atomic E-state index is 0.178. The van der Waals surface area contributed by atoms with Crippen molar-refractivity contribution in [1.29, 1.82) is 0 Å². The second kappa shape index (κ2) is 20.2. The first-order chi connectivity index (χ1) is 11.8. The normalized spacial score (nSPS) is 10.8. The summed E-state index contributed by atoms with van der Waals surface area (Å²) in [6, 6.07) is 0. The van der Waals surface area contributed by atoms with Crippen molar-refractivity contribution in [1.82, 2.24) is 10.6 Å². The van der Waals surface area contributed by atoms with E-state index in [1.165, 1.54) is 0 Å². The molecule has 0 fully saturated rings. The molecule has 0 unspecified atom stereocenters. The fourth-order valence-electron chi connectivity index (χ4n) is 2.17. The molecule has 144 valence electrons. The summed E-state index contributed by atoms with van der Waals surface area (Å²) in [5.74, 6) is 0. The van der Waals surface area contributed by atoms with Gasteiger partial charge in [0.05, 0.1) is 26.4 Å². The molecule has 0 bridgehead atoms. The van der Waals surface area contributed by atoms with E-state index in [1.54, 1.807) is 0 Å². The topological polar surface area (TPSA) is 100 Å². The first kappa shape index (κ1) is 23.1. The molecule has 4 N–H and O–H groups in total. The number of nitrogens with one attached hydrogen (secondary N) is 2. The van der Waals surface area contributed by atoms with Gasteiger partial charge in [-0.1, -0.05) is 25.7 Å². The predicted molar refractivity (Wildman–Crippen MR) is 94.1 cm³/mol. The third kappa shape index (κ3) is 19.2. The van der Waals surface area contributed by atoms with E-state index in [2.05, 4.69) is 10.6 Å². The summed E-state index contributed by atoms with van der Waals surface area (Å²) in [7, 11) is 0. The van der Waals surface area contributed by atoms with Crippen molar-refractivity contribution in [3.8, 4) is 0 Å². The van der Waals surface area contributed by atoms with E-state index in [0.717, 1.165) is 64.5 Å². The van der Waals surface area contributed by atoms with E-state index >= 15 is 0 Å². The molecule has 0 spiro atoms. The van der Waals surface area contributed by atoms with Gasteiger partial charge in [0.15, 0.2) is 0 Å². The molecule has 0 radical (unpaired) electrons. The van der Waals surface area contributed by atoms with Crippen molar-refractivity contribution in [2.75, 3.05) is 52.6 Å². The lowest BCUT2D eigenvalue weighted by Crippen LogP contribution is -2.19. The van der Waals surface area contributed by atoms with E-state index in [4.69, 9.17) is 19.7 Å². The molecular formula is C17H36N2O5. The Bertz CT molecular complexity index is 243. The number of unbranched alkanes of at least 4 members (excludes halogenated alkanes) is 6. The van der Waals surface area contributed by atoms with Crippen LogP contribution in [0.2, 0.25) is 0 Å².